The van der Waals surface area contributed by atoms with E-state index in [1.54, 1.807) is 7.11 Å². The Bertz CT molecular complexity index is 906. The van der Waals surface area contributed by atoms with Crippen molar-refractivity contribution in [2.75, 3.05) is 30.9 Å². The van der Waals surface area contributed by atoms with Gasteiger partial charge in [-0.05, 0) is 68.3 Å². The molecule has 3 rings (SSSR count). The van der Waals surface area contributed by atoms with E-state index in [4.69, 9.17) is 9.47 Å². The number of benzene rings is 2. The third kappa shape index (κ3) is 5.61. The van der Waals surface area contributed by atoms with Crippen molar-refractivity contribution in [3.05, 3.63) is 65.5 Å². The zero-order valence-corrected chi connectivity index (χ0v) is 16.7. The van der Waals surface area contributed by atoms with Crippen LogP contribution in [0.2, 0.25) is 0 Å². The molecule has 0 aliphatic rings. The first kappa shape index (κ1) is 19.5. The van der Waals surface area contributed by atoms with E-state index < -0.39 is 0 Å². The van der Waals surface area contributed by atoms with Crippen molar-refractivity contribution in [3.63, 3.8) is 0 Å². The third-order valence-corrected chi connectivity index (χ3v) is 4.07. The molecule has 1 heterocycles. The molecule has 0 aliphatic carbocycles. The standard InChI is InChI=1S/C22H26N4O2/c1-15-11-16(2)13-18(12-15)26-22-14-21(24-17(3)25-22)23-9-10-28-20-7-5-19(27-4)6-8-20/h5-8,11-14H,9-10H2,1-4H3,(H2,23,24,25,26). The summed E-state index contributed by atoms with van der Waals surface area (Å²) in [7, 11) is 1.65. The molecular weight excluding hydrogens is 352 g/mol. The van der Waals surface area contributed by atoms with Gasteiger partial charge in [-0.2, -0.15) is 0 Å². The lowest BCUT2D eigenvalue weighted by molar-refractivity contribution is 0.331. The van der Waals surface area contributed by atoms with Gasteiger partial charge in [0.15, 0.2) is 0 Å². The maximum absolute atomic E-state index is 5.73. The van der Waals surface area contributed by atoms with Crippen LogP contribution < -0.4 is 20.1 Å². The number of anilines is 3. The summed E-state index contributed by atoms with van der Waals surface area (Å²) < 4.78 is 10.9. The number of nitrogens with zero attached hydrogens (tertiary/aromatic N) is 2. The van der Waals surface area contributed by atoms with Crippen LogP contribution in [0.3, 0.4) is 0 Å². The van der Waals surface area contributed by atoms with Crippen molar-refractivity contribution in [1.82, 2.24) is 9.97 Å². The zero-order valence-electron chi connectivity index (χ0n) is 16.7. The van der Waals surface area contributed by atoms with Crippen LogP contribution in [0.1, 0.15) is 17.0 Å². The van der Waals surface area contributed by atoms with E-state index in [0.717, 1.165) is 28.8 Å². The van der Waals surface area contributed by atoms with Gasteiger partial charge in [0.25, 0.3) is 0 Å². The molecular formula is C22H26N4O2. The summed E-state index contributed by atoms with van der Waals surface area (Å²) >= 11 is 0. The fraction of sp³-hybridized carbons (Fsp3) is 0.273. The summed E-state index contributed by atoms with van der Waals surface area (Å²) in [5.41, 5.74) is 3.44. The molecule has 0 spiro atoms. The lowest BCUT2D eigenvalue weighted by Gasteiger charge is -2.12. The van der Waals surface area contributed by atoms with Gasteiger partial charge < -0.3 is 20.1 Å². The van der Waals surface area contributed by atoms with Gasteiger partial charge >= 0.3 is 0 Å². The number of rotatable bonds is 8. The second kappa shape index (κ2) is 9.08. The second-order valence-corrected chi connectivity index (χ2v) is 6.64. The molecule has 2 aromatic carbocycles. The molecule has 0 aliphatic heterocycles. The normalized spacial score (nSPS) is 10.4. The lowest BCUT2D eigenvalue weighted by atomic mass is 10.1. The largest absolute Gasteiger partial charge is 0.497 e. The van der Waals surface area contributed by atoms with Gasteiger partial charge in [0.2, 0.25) is 0 Å². The van der Waals surface area contributed by atoms with Crippen LogP contribution in [-0.4, -0.2) is 30.2 Å². The van der Waals surface area contributed by atoms with Crippen molar-refractivity contribution in [2.24, 2.45) is 0 Å². The Labute approximate surface area is 166 Å². The van der Waals surface area contributed by atoms with Crippen molar-refractivity contribution in [1.29, 1.82) is 0 Å². The summed E-state index contributed by atoms with van der Waals surface area (Å²) in [6, 6.07) is 15.8. The third-order valence-electron chi connectivity index (χ3n) is 4.07. The monoisotopic (exact) mass is 378 g/mol. The number of nitrogens with one attached hydrogen (secondary N) is 2. The molecule has 6 nitrogen and oxygen atoms in total. The molecule has 6 heteroatoms. The molecule has 0 radical (unpaired) electrons. The molecule has 0 saturated carbocycles. The van der Waals surface area contributed by atoms with Crippen LogP contribution in [0.25, 0.3) is 0 Å². The molecule has 2 N–H and O–H groups in total. The minimum atomic E-state index is 0.523. The maximum atomic E-state index is 5.73. The van der Waals surface area contributed by atoms with E-state index in [0.29, 0.717) is 19.0 Å². The van der Waals surface area contributed by atoms with Gasteiger partial charge in [0.05, 0.1) is 13.7 Å². The number of ether oxygens (including phenoxy) is 2. The van der Waals surface area contributed by atoms with Crippen LogP contribution in [-0.2, 0) is 0 Å². The topological polar surface area (TPSA) is 68.3 Å². The van der Waals surface area contributed by atoms with Crippen LogP contribution in [0, 0.1) is 20.8 Å². The van der Waals surface area contributed by atoms with E-state index in [-0.39, 0.29) is 0 Å². The van der Waals surface area contributed by atoms with Crippen molar-refractivity contribution in [2.45, 2.75) is 20.8 Å². The maximum Gasteiger partial charge on any atom is 0.136 e. The van der Waals surface area contributed by atoms with Gasteiger partial charge in [0.1, 0.15) is 35.6 Å². The molecule has 3 aromatic rings. The fourth-order valence-electron chi connectivity index (χ4n) is 2.94. The summed E-state index contributed by atoms with van der Waals surface area (Å²) in [5, 5.41) is 6.65. The molecule has 0 atom stereocenters. The van der Waals surface area contributed by atoms with Crippen LogP contribution in [0.15, 0.2) is 48.5 Å². The van der Waals surface area contributed by atoms with Crippen molar-refractivity contribution >= 4 is 17.3 Å². The summed E-state index contributed by atoms with van der Waals surface area (Å²) in [6.07, 6.45) is 0. The van der Waals surface area contributed by atoms with Crippen LogP contribution in [0.4, 0.5) is 17.3 Å². The number of hydrogen-bond acceptors (Lipinski definition) is 6. The van der Waals surface area contributed by atoms with Gasteiger partial charge in [-0.25, -0.2) is 9.97 Å². The lowest BCUT2D eigenvalue weighted by Crippen LogP contribution is -2.13. The Hall–Kier alpha value is -3.28. The minimum Gasteiger partial charge on any atom is -0.497 e. The average molecular weight is 378 g/mol. The Morgan fingerprint density at radius 3 is 2.14 bits per heavy atom. The molecule has 28 heavy (non-hydrogen) atoms. The Kier molecular flexibility index (Phi) is 6.32. The van der Waals surface area contributed by atoms with Crippen LogP contribution in [0.5, 0.6) is 11.5 Å². The van der Waals surface area contributed by atoms with E-state index in [1.165, 1.54) is 11.1 Å². The first-order valence-electron chi connectivity index (χ1n) is 9.23. The molecule has 0 amide bonds. The molecule has 0 saturated heterocycles. The van der Waals surface area contributed by atoms with E-state index in [1.807, 2.05) is 37.3 Å². The van der Waals surface area contributed by atoms with Crippen molar-refractivity contribution in [3.8, 4) is 11.5 Å². The minimum absolute atomic E-state index is 0.523. The van der Waals surface area contributed by atoms with E-state index in [9.17, 15) is 0 Å². The van der Waals surface area contributed by atoms with Gasteiger partial charge in [0, 0.05) is 11.8 Å². The Morgan fingerprint density at radius 2 is 1.46 bits per heavy atom. The number of methoxy groups -OCH3 is 1. The predicted molar refractivity (Wildman–Crippen MR) is 113 cm³/mol. The highest BCUT2D eigenvalue weighted by molar-refractivity contribution is 5.60. The Morgan fingerprint density at radius 1 is 0.821 bits per heavy atom. The first-order chi connectivity index (χ1) is 13.5. The number of aryl methyl sites for hydroxylation is 3. The zero-order chi connectivity index (χ0) is 19.9. The molecule has 0 bridgehead atoms. The SMILES string of the molecule is COc1ccc(OCCNc2cc(Nc3cc(C)cc(C)c3)nc(C)n2)cc1. The number of hydrogen-bond donors (Lipinski definition) is 2. The second-order valence-electron chi connectivity index (χ2n) is 6.64. The van der Waals surface area contributed by atoms with E-state index >= 15 is 0 Å². The molecule has 1 aromatic heterocycles. The van der Waals surface area contributed by atoms with Crippen LogP contribution >= 0.6 is 0 Å². The fourth-order valence-corrected chi connectivity index (χ4v) is 2.94. The highest BCUT2D eigenvalue weighted by Gasteiger charge is 2.04. The summed E-state index contributed by atoms with van der Waals surface area (Å²) in [6.45, 7) is 7.20. The average Bonchev–Trinajstić information content (AvgIpc) is 2.64. The highest BCUT2D eigenvalue weighted by Crippen LogP contribution is 2.20. The smallest absolute Gasteiger partial charge is 0.136 e. The first-order valence-corrected chi connectivity index (χ1v) is 9.23. The van der Waals surface area contributed by atoms with Gasteiger partial charge in [-0.3, -0.25) is 0 Å². The van der Waals surface area contributed by atoms with Gasteiger partial charge in [-0.15, -0.1) is 0 Å². The molecule has 0 unspecified atom stereocenters. The quantitative estimate of drug-likeness (QED) is 0.556. The number of aromatic nitrogens is 2. The summed E-state index contributed by atoms with van der Waals surface area (Å²) in [4.78, 5) is 8.92. The van der Waals surface area contributed by atoms with E-state index in [2.05, 4.69) is 52.6 Å². The molecule has 0 fully saturated rings. The predicted octanol–water partition coefficient (Wildman–Crippen LogP) is 4.64. The van der Waals surface area contributed by atoms with Crippen molar-refractivity contribution < 1.29 is 9.47 Å². The Balaban J connectivity index is 1.56. The molecule has 146 valence electrons. The van der Waals surface area contributed by atoms with Gasteiger partial charge in [-0.1, -0.05) is 6.07 Å². The highest BCUT2D eigenvalue weighted by atomic mass is 16.5. The summed E-state index contributed by atoms with van der Waals surface area (Å²) in [5.74, 6) is 3.84.